The summed E-state index contributed by atoms with van der Waals surface area (Å²) in [4.78, 5) is 0. The molecule has 14 heavy (non-hydrogen) atoms. The molecule has 0 saturated heterocycles. The van der Waals surface area contributed by atoms with E-state index in [1.807, 2.05) is 14.1 Å². The van der Waals surface area contributed by atoms with Crippen molar-refractivity contribution in [3.8, 4) is 0 Å². The Balaban J connectivity index is 2.50. The molecule has 0 aliphatic heterocycles. The van der Waals surface area contributed by atoms with Gasteiger partial charge in [0.15, 0.2) is 0 Å². The van der Waals surface area contributed by atoms with Crippen LogP contribution in [-0.2, 0) is 6.42 Å². The zero-order valence-corrected chi connectivity index (χ0v) is 9.26. The first-order valence-corrected chi connectivity index (χ1v) is 4.97. The number of halogens is 1. The minimum Gasteiger partial charge on any atom is -0.302 e. The van der Waals surface area contributed by atoms with Gasteiger partial charge in [-0.15, -0.1) is 0 Å². The molecule has 0 aliphatic rings. The van der Waals surface area contributed by atoms with Crippen molar-refractivity contribution in [2.24, 2.45) is 0 Å². The highest BCUT2D eigenvalue weighted by molar-refractivity contribution is 5.21. The lowest BCUT2D eigenvalue weighted by Crippen LogP contribution is -2.40. The molecule has 1 aromatic carbocycles. The third-order valence-electron chi connectivity index (χ3n) is 2.45. The van der Waals surface area contributed by atoms with Crippen molar-refractivity contribution in [1.29, 1.82) is 0 Å². The Morgan fingerprint density at radius 2 is 1.71 bits per heavy atom. The van der Waals surface area contributed by atoms with E-state index in [0.29, 0.717) is 4.48 Å². The maximum Gasteiger partial charge on any atom is 0.221 e. The molecule has 2 heteroatoms. The van der Waals surface area contributed by atoms with Gasteiger partial charge >= 0.3 is 0 Å². The summed E-state index contributed by atoms with van der Waals surface area (Å²) in [7, 11) is 3.82. The Labute approximate surface area is 85.8 Å². The first kappa shape index (κ1) is 11.2. The van der Waals surface area contributed by atoms with E-state index in [9.17, 15) is 4.39 Å². The second-order valence-corrected chi connectivity index (χ2v) is 4.51. The van der Waals surface area contributed by atoms with Crippen molar-refractivity contribution in [2.75, 3.05) is 27.4 Å². The Kier molecular flexibility index (Phi) is 3.64. The average Bonchev–Trinajstić information content (AvgIpc) is 2.17. The van der Waals surface area contributed by atoms with Gasteiger partial charge in [-0.05, 0) is 12.5 Å². The van der Waals surface area contributed by atoms with Crippen LogP contribution in [0.25, 0.3) is 0 Å². The summed E-state index contributed by atoms with van der Waals surface area (Å²) in [5.74, 6) is 0. The number of benzene rings is 1. The summed E-state index contributed by atoms with van der Waals surface area (Å²) in [5, 5.41) is 0. The van der Waals surface area contributed by atoms with Crippen LogP contribution in [0.2, 0.25) is 0 Å². The molecule has 0 spiro atoms. The molecule has 0 saturated carbocycles. The lowest BCUT2D eigenvalue weighted by atomic mass is 10.1. The van der Waals surface area contributed by atoms with Crippen molar-refractivity contribution in [3.63, 3.8) is 0 Å². The van der Waals surface area contributed by atoms with E-state index < -0.39 is 0 Å². The van der Waals surface area contributed by atoms with E-state index in [0.717, 1.165) is 13.0 Å². The van der Waals surface area contributed by atoms with Gasteiger partial charge in [0.1, 0.15) is 0 Å². The molecule has 0 heterocycles. The van der Waals surface area contributed by atoms with Crippen LogP contribution in [0.5, 0.6) is 0 Å². The predicted molar refractivity (Wildman–Crippen MR) is 57.8 cm³/mol. The van der Waals surface area contributed by atoms with Crippen molar-refractivity contribution in [3.05, 3.63) is 35.4 Å². The number of quaternary nitrogens is 1. The SMILES string of the molecule is Cc1ccc(CC[N+](C)(C)CF)cc1. The molecule has 0 radical (unpaired) electrons. The summed E-state index contributed by atoms with van der Waals surface area (Å²) in [6.45, 7) is 2.62. The van der Waals surface area contributed by atoms with Gasteiger partial charge in [-0.1, -0.05) is 29.8 Å². The monoisotopic (exact) mass is 196 g/mol. The first-order chi connectivity index (χ1) is 6.53. The van der Waals surface area contributed by atoms with E-state index in [1.165, 1.54) is 11.1 Å². The van der Waals surface area contributed by atoms with Crippen molar-refractivity contribution in [2.45, 2.75) is 13.3 Å². The Morgan fingerprint density at radius 1 is 1.14 bits per heavy atom. The number of likely N-dealkylation sites (N-methyl/N-ethyl adjacent to an activating group) is 1. The third kappa shape index (κ3) is 3.46. The number of hydrogen-bond acceptors (Lipinski definition) is 0. The van der Waals surface area contributed by atoms with Crippen LogP contribution >= 0.6 is 0 Å². The standard InChI is InChI=1S/C12H19FN/c1-11-4-6-12(7-5-11)8-9-14(2,3)10-13/h4-7H,8-10H2,1-3H3/q+1. The molecule has 0 aliphatic carbocycles. The van der Waals surface area contributed by atoms with Gasteiger partial charge in [0, 0.05) is 6.42 Å². The molecule has 0 bridgehead atoms. The maximum absolute atomic E-state index is 12.5. The molecule has 1 aromatic rings. The van der Waals surface area contributed by atoms with Gasteiger partial charge < -0.3 is 4.48 Å². The molecule has 0 atom stereocenters. The van der Waals surface area contributed by atoms with Gasteiger partial charge in [-0.2, -0.15) is 4.39 Å². The zero-order chi connectivity index (χ0) is 10.6. The first-order valence-electron chi connectivity index (χ1n) is 4.97. The molecule has 78 valence electrons. The Bertz CT molecular complexity index is 277. The number of hydrogen-bond donors (Lipinski definition) is 0. The summed E-state index contributed by atoms with van der Waals surface area (Å²) in [6.07, 6.45) is 0.942. The quantitative estimate of drug-likeness (QED) is 0.513. The Morgan fingerprint density at radius 3 is 2.21 bits per heavy atom. The average molecular weight is 196 g/mol. The number of alkyl halides is 1. The van der Waals surface area contributed by atoms with Crippen LogP contribution in [0.15, 0.2) is 24.3 Å². The topological polar surface area (TPSA) is 0 Å². The minimum atomic E-state index is -0.300. The summed E-state index contributed by atoms with van der Waals surface area (Å²) >= 11 is 0. The fourth-order valence-corrected chi connectivity index (χ4v) is 1.25. The number of rotatable bonds is 4. The van der Waals surface area contributed by atoms with Crippen molar-refractivity contribution < 1.29 is 8.87 Å². The summed E-state index contributed by atoms with van der Waals surface area (Å²) in [6, 6.07) is 8.44. The minimum absolute atomic E-state index is 0.300. The maximum atomic E-state index is 12.5. The van der Waals surface area contributed by atoms with E-state index in [2.05, 4.69) is 31.2 Å². The van der Waals surface area contributed by atoms with Gasteiger partial charge in [-0.3, -0.25) is 0 Å². The molecule has 0 unspecified atom stereocenters. The molecular weight excluding hydrogens is 177 g/mol. The second-order valence-electron chi connectivity index (χ2n) is 4.51. The second kappa shape index (κ2) is 4.56. The fraction of sp³-hybridized carbons (Fsp3) is 0.500. The van der Waals surface area contributed by atoms with E-state index in [4.69, 9.17) is 0 Å². The summed E-state index contributed by atoms with van der Waals surface area (Å²) in [5.41, 5.74) is 2.56. The normalized spacial score (nSPS) is 11.7. The van der Waals surface area contributed by atoms with Crippen LogP contribution in [0.4, 0.5) is 4.39 Å². The predicted octanol–water partition coefficient (Wildman–Crippen LogP) is 2.54. The molecule has 0 N–H and O–H groups in total. The van der Waals surface area contributed by atoms with E-state index in [1.54, 1.807) is 0 Å². The largest absolute Gasteiger partial charge is 0.302 e. The van der Waals surface area contributed by atoms with Gasteiger partial charge in [-0.25, -0.2) is 0 Å². The molecule has 0 fully saturated rings. The van der Waals surface area contributed by atoms with E-state index in [-0.39, 0.29) is 6.80 Å². The number of aryl methyl sites for hydroxylation is 1. The highest BCUT2D eigenvalue weighted by Gasteiger charge is 2.13. The third-order valence-corrected chi connectivity index (χ3v) is 2.45. The molecule has 1 rings (SSSR count). The molecular formula is C12H19FN+. The molecule has 1 nitrogen and oxygen atoms in total. The number of nitrogens with zero attached hydrogens (tertiary/aromatic N) is 1. The molecule has 0 amide bonds. The van der Waals surface area contributed by atoms with E-state index >= 15 is 0 Å². The van der Waals surface area contributed by atoms with Crippen LogP contribution < -0.4 is 0 Å². The summed E-state index contributed by atoms with van der Waals surface area (Å²) < 4.78 is 12.9. The molecule has 0 aromatic heterocycles. The van der Waals surface area contributed by atoms with Crippen LogP contribution in [-0.4, -0.2) is 31.9 Å². The highest BCUT2D eigenvalue weighted by Crippen LogP contribution is 2.06. The zero-order valence-electron chi connectivity index (χ0n) is 9.26. The fourth-order valence-electron chi connectivity index (χ4n) is 1.25. The lowest BCUT2D eigenvalue weighted by Gasteiger charge is -2.25. The lowest BCUT2D eigenvalue weighted by molar-refractivity contribution is -0.902. The van der Waals surface area contributed by atoms with Crippen LogP contribution in [0.1, 0.15) is 11.1 Å². The Hall–Kier alpha value is -0.890. The van der Waals surface area contributed by atoms with Crippen molar-refractivity contribution >= 4 is 0 Å². The van der Waals surface area contributed by atoms with Gasteiger partial charge in [0.25, 0.3) is 0 Å². The van der Waals surface area contributed by atoms with Gasteiger partial charge in [0.2, 0.25) is 6.80 Å². The smallest absolute Gasteiger partial charge is 0.221 e. The van der Waals surface area contributed by atoms with Crippen molar-refractivity contribution in [1.82, 2.24) is 0 Å². The van der Waals surface area contributed by atoms with Gasteiger partial charge in [0.05, 0.1) is 20.6 Å². The van der Waals surface area contributed by atoms with Crippen LogP contribution in [0.3, 0.4) is 0 Å². The highest BCUT2D eigenvalue weighted by atomic mass is 19.1. The van der Waals surface area contributed by atoms with Crippen LogP contribution in [0, 0.1) is 6.92 Å².